The van der Waals surface area contributed by atoms with E-state index < -0.39 is 6.04 Å². The molecule has 0 radical (unpaired) electrons. The highest BCUT2D eigenvalue weighted by atomic mass is 19.1. The monoisotopic (exact) mass is 507 g/mol. The van der Waals surface area contributed by atoms with Crippen molar-refractivity contribution in [2.45, 2.75) is 63.3 Å². The number of nitrogens with one attached hydrogen (secondary N) is 1. The molecule has 2 fully saturated rings. The lowest BCUT2D eigenvalue weighted by Crippen LogP contribution is -2.49. The zero-order valence-corrected chi connectivity index (χ0v) is 20.5. The lowest BCUT2D eigenvalue weighted by Gasteiger charge is -2.33. The minimum atomic E-state index is -0.847. The van der Waals surface area contributed by atoms with Gasteiger partial charge in [0.15, 0.2) is 0 Å². The number of carbonyl (C=O) groups is 2. The predicted molar refractivity (Wildman–Crippen MR) is 131 cm³/mol. The Morgan fingerprint density at radius 1 is 1.08 bits per heavy atom. The highest BCUT2D eigenvalue weighted by Gasteiger charge is 2.35. The molecule has 37 heavy (non-hydrogen) atoms. The van der Waals surface area contributed by atoms with Crippen LogP contribution in [-0.2, 0) is 20.9 Å². The third-order valence-electron chi connectivity index (χ3n) is 6.86. The molecule has 2 atom stereocenters. The van der Waals surface area contributed by atoms with Gasteiger partial charge in [0.25, 0.3) is 0 Å². The lowest BCUT2D eigenvalue weighted by molar-refractivity contribution is -0.143. The molecule has 3 heterocycles. The van der Waals surface area contributed by atoms with Crippen molar-refractivity contribution < 1.29 is 18.7 Å². The maximum Gasteiger partial charge on any atom is 0.247 e. The second-order valence-electron chi connectivity index (χ2n) is 9.50. The number of aromatic nitrogens is 5. The first-order chi connectivity index (χ1) is 18.1. The summed E-state index contributed by atoms with van der Waals surface area (Å²) in [5, 5.41) is 15.5. The number of rotatable bonds is 9. The molecule has 1 aliphatic heterocycles. The summed E-state index contributed by atoms with van der Waals surface area (Å²) in [6, 6.07) is 8.50. The number of carbonyl (C=O) groups excluding carboxylic acids is 2. The van der Waals surface area contributed by atoms with Crippen LogP contribution in [0.4, 0.5) is 4.39 Å². The summed E-state index contributed by atoms with van der Waals surface area (Å²) in [4.78, 5) is 34.2. The van der Waals surface area contributed by atoms with E-state index in [1.807, 2.05) is 0 Å². The highest BCUT2D eigenvalue weighted by molar-refractivity contribution is 5.89. The Labute approximate surface area is 214 Å². The van der Waals surface area contributed by atoms with Gasteiger partial charge in [0.2, 0.25) is 17.6 Å². The molecule has 2 aliphatic rings. The first kappa shape index (κ1) is 24.9. The Morgan fingerprint density at radius 3 is 2.54 bits per heavy atom. The Hall–Kier alpha value is -3.73. The second kappa shape index (κ2) is 11.5. The molecule has 1 aromatic carbocycles. The van der Waals surface area contributed by atoms with E-state index in [1.165, 1.54) is 16.9 Å². The lowest BCUT2D eigenvalue weighted by atomic mass is 10.0. The van der Waals surface area contributed by atoms with Crippen molar-refractivity contribution in [3.63, 3.8) is 0 Å². The van der Waals surface area contributed by atoms with Gasteiger partial charge in [-0.3, -0.25) is 14.6 Å². The maximum absolute atomic E-state index is 13.7. The molecule has 1 saturated carbocycles. The molecular weight excluding hydrogens is 477 g/mol. The van der Waals surface area contributed by atoms with Crippen LogP contribution in [0.2, 0.25) is 0 Å². The van der Waals surface area contributed by atoms with Crippen molar-refractivity contribution in [2.24, 2.45) is 0 Å². The van der Waals surface area contributed by atoms with Crippen LogP contribution in [0.3, 0.4) is 0 Å². The fourth-order valence-electron chi connectivity index (χ4n) is 4.96. The summed E-state index contributed by atoms with van der Waals surface area (Å²) in [5.74, 6) is -0.637. The van der Waals surface area contributed by atoms with Crippen molar-refractivity contribution in [1.29, 1.82) is 0 Å². The van der Waals surface area contributed by atoms with Crippen LogP contribution in [0.15, 0.2) is 48.8 Å². The van der Waals surface area contributed by atoms with Gasteiger partial charge in [-0.05, 0) is 72.9 Å². The average Bonchev–Trinajstić information content (AvgIpc) is 3.69. The zero-order valence-electron chi connectivity index (χ0n) is 20.5. The van der Waals surface area contributed by atoms with Crippen LogP contribution < -0.4 is 5.32 Å². The first-order valence-electron chi connectivity index (χ1n) is 12.7. The van der Waals surface area contributed by atoms with Crippen LogP contribution >= 0.6 is 0 Å². The van der Waals surface area contributed by atoms with Crippen LogP contribution in [0.5, 0.6) is 0 Å². The number of hydrogen-bond donors (Lipinski definition) is 1. The molecule has 2 aromatic heterocycles. The molecule has 10 nitrogen and oxygen atoms in total. The summed E-state index contributed by atoms with van der Waals surface area (Å²) in [6.07, 6.45) is 8.83. The zero-order chi connectivity index (χ0) is 25.6. The Kier molecular flexibility index (Phi) is 7.79. The van der Waals surface area contributed by atoms with Crippen LogP contribution in [0, 0.1) is 5.82 Å². The number of amides is 2. The average molecular weight is 508 g/mol. The molecule has 3 aromatic rings. The molecule has 0 spiro atoms. The molecule has 11 heteroatoms. The predicted octanol–water partition coefficient (Wildman–Crippen LogP) is 2.68. The van der Waals surface area contributed by atoms with Gasteiger partial charge < -0.3 is 15.0 Å². The van der Waals surface area contributed by atoms with E-state index in [2.05, 4.69) is 25.7 Å². The van der Waals surface area contributed by atoms with Gasteiger partial charge in [-0.1, -0.05) is 12.8 Å². The van der Waals surface area contributed by atoms with E-state index in [0.29, 0.717) is 17.7 Å². The molecule has 1 N–H and O–H groups in total. The van der Waals surface area contributed by atoms with E-state index in [1.54, 1.807) is 41.6 Å². The molecule has 194 valence electrons. The molecule has 1 saturated heterocycles. The second-order valence-corrected chi connectivity index (χ2v) is 9.50. The summed E-state index contributed by atoms with van der Waals surface area (Å²) >= 11 is 0. The quantitative estimate of drug-likeness (QED) is 0.474. The van der Waals surface area contributed by atoms with Crippen molar-refractivity contribution in [3.05, 3.63) is 60.2 Å². The van der Waals surface area contributed by atoms with Gasteiger partial charge >= 0.3 is 0 Å². The fourth-order valence-corrected chi connectivity index (χ4v) is 4.96. The van der Waals surface area contributed by atoms with Crippen molar-refractivity contribution >= 4 is 11.8 Å². The largest absolute Gasteiger partial charge is 0.376 e. The van der Waals surface area contributed by atoms with Gasteiger partial charge in [0.05, 0.1) is 6.10 Å². The standard InChI is InChI=1S/C26H30FN7O3/c27-20-9-7-19(8-10-20)25-30-32-34(31-25)17-23(35)33(16-22-6-3-15-37-22)24(18-11-13-28-14-12-18)26(36)29-21-4-1-2-5-21/h7-14,21-22,24H,1-6,15-17H2,(H,29,36). The molecule has 2 unspecified atom stereocenters. The minimum absolute atomic E-state index is 0.103. The van der Waals surface area contributed by atoms with E-state index in [4.69, 9.17) is 4.74 Å². The molecule has 2 amide bonds. The highest BCUT2D eigenvalue weighted by Crippen LogP contribution is 2.26. The SMILES string of the molecule is O=C(NC1CCCC1)C(c1ccncc1)N(CC1CCCO1)C(=O)Cn1nnc(-c2ccc(F)cc2)n1. The normalized spacial score (nSPS) is 18.6. The molecule has 1 aliphatic carbocycles. The van der Waals surface area contributed by atoms with Gasteiger partial charge in [-0.15, -0.1) is 10.2 Å². The number of nitrogens with zero attached hydrogens (tertiary/aromatic N) is 6. The van der Waals surface area contributed by atoms with Crippen LogP contribution in [0.1, 0.15) is 50.1 Å². The van der Waals surface area contributed by atoms with Crippen LogP contribution in [0.25, 0.3) is 11.4 Å². The topological polar surface area (TPSA) is 115 Å². The fraction of sp³-hybridized carbons (Fsp3) is 0.462. The van der Waals surface area contributed by atoms with Gasteiger partial charge in [-0.25, -0.2) is 4.39 Å². The number of halogens is 1. The van der Waals surface area contributed by atoms with Crippen molar-refractivity contribution in [3.8, 4) is 11.4 Å². The number of pyridine rings is 1. The minimum Gasteiger partial charge on any atom is -0.376 e. The number of tetrazole rings is 1. The summed E-state index contributed by atoms with van der Waals surface area (Å²) in [7, 11) is 0. The van der Waals surface area contributed by atoms with Crippen molar-refractivity contribution in [1.82, 2.24) is 35.4 Å². The van der Waals surface area contributed by atoms with Crippen molar-refractivity contribution in [2.75, 3.05) is 13.2 Å². The molecule has 5 rings (SSSR count). The van der Waals surface area contributed by atoms with Gasteiger partial charge in [0.1, 0.15) is 18.4 Å². The Morgan fingerprint density at radius 2 is 1.84 bits per heavy atom. The number of hydrogen-bond acceptors (Lipinski definition) is 7. The molecular formula is C26H30FN7O3. The summed E-state index contributed by atoms with van der Waals surface area (Å²) in [5.41, 5.74) is 1.26. The maximum atomic E-state index is 13.7. The van der Waals surface area contributed by atoms with Crippen LogP contribution in [-0.4, -0.2) is 67.2 Å². The molecule has 0 bridgehead atoms. The third-order valence-corrected chi connectivity index (χ3v) is 6.86. The third kappa shape index (κ3) is 6.16. The van der Waals surface area contributed by atoms with E-state index in [9.17, 15) is 14.0 Å². The number of ether oxygens (including phenoxy) is 1. The first-order valence-corrected chi connectivity index (χ1v) is 12.7. The summed E-state index contributed by atoms with van der Waals surface area (Å²) in [6.45, 7) is 0.690. The Bertz CT molecular complexity index is 1190. The smallest absolute Gasteiger partial charge is 0.247 e. The van der Waals surface area contributed by atoms with E-state index >= 15 is 0 Å². The van der Waals surface area contributed by atoms with Gasteiger partial charge in [0, 0.05) is 37.2 Å². The van der Waals surface area contributed by atoms with Gasteiger partial charge in [-0.2, -0.15) is 4.80 Å². The number of benzene rings is 1. The Balaban J connectivity index is 1.40. The summed E-state index contributed by atoms with van der Waals surface area (Å²) < 4.78 is 19.1. The van der Waals surface area contributed by atoms with E-state index in [-0.39, 0.29) is 48.7 Å². The van der Waals surface area contributed by atoms with E-state index in [0.717, 1.165) is 38.5 Å².